The molecule has 0 bridgehead atoms. The van der Waals surface area contributed by atoms with E-state index >= 15 is 0 Å². The van der Waals surface area contributed by atoms with Crippen LogP contribution in [-0.2, 0) is 11.3 Å². The van der Waals surface area contributed by atoms with Crippen LogP contribution in [0.5, 0.6) is 5.75 Å². The van der Waals surface area contributed by atoms with Crippen LogP contribution in [0, 0.1) is 0 Å². The second-order valence-corrected chi connectivity index (χ2v) is 4.33. The fourth-order valence-corrected chi connectivity index (χ4v) is 1.85. The summed E-state index contributed by atoms with van der Waals surface area (Å²) in [4.78, 5) is 19.9. The van der Waals surface area contributed by atoms with Crippen molar-refractivity contribution >= 4 is 17.2 Å². The summed E-state index contributed by atoms with van der Waals surface area (Å²) >= 11 is 0. The molecule has 3 aromatic rings. The molecule has 0 saturated carbocycles. The average molecular weight is 280 g/mol. The Kier molecular flexibility index (Phi) is 3.73. The lowest BCUT2D eigenvalue weighted by Gasteiger charge is -2.06. The van der Waals surface area contributed by atoms with Gasteiger partial charge in [-0.3, -0.25) is 9.97 Å². The summed E-state index contributed by atoms with van der Waals surface area (Å²) in [6.45, 7) is 0.174. The van der Waals surface area contributed by atoms with Crippen molar-refractivity contribution < 1.29 is 14.3 Å². The van der Waals surface area contributed by atoms with Gasteiger partial charge in [0.15, 0.2) is 0 Å². The Morgan fingerprint density at radius 1 is 0.952 bits per heavy atom. The van der Waals surface area contributed by atoms with E-state index in [1.807, 2.05) is 30.3 Å². The van der Waals surface area contributed by atoms with Gasteiger partial charge in [0.2, 0.25) is 0 Å². The van der Waals surface area contributed by atoms with Gasteiger partial charge in [0.05, 0.1) is 11.0 Å². The number of benzene rings is 2. The molecule has 0 atom stereocenters. The number of aromatic nitrogens is 2. The molecule has 0 saturated heterocycles. The van der Waals surface area contributed by atoms with Crippen molar-refractivity contribution in [1.82, 2.24) is 9.97 Å². The molecule has 0 spiro atoms. The standard InChI is InChI=1S/C16H12N2O3/c19-16(20-11-12-4-2-1-3-5-12)21-13-6-7-14-15(10-13)18-9-8-17-14/h1-10H,11H2. The van der Waals surface area contributed by atoms with Crippen LogP contribution < -0.4 is 4.74 Å². The largest absolute Gasteiger partial charge is 0.514 e. The average Bonchev–Trinajstić information content (AvgIpc) is 2.54. The van der Waals surface area contributed by atoms with Crippen LogP contribution >= 0.6 is 0 Å². The highest BCUT2D eigenvalue weighted by Crippen LogP contribution is 2.17. The number of rotatable bonds is 3. The Balaban J connectivity index is 1.63. The van der Waals surface area contributed by atoms with Crippen molar-refractivity contribution in [3.63, 3.8) is 0 Å². The lowest BCUT2D eigenvalue weighted by Crippen LogP contribution is -2.10. The highest BCUT2D eigenvalue weighted by atomic mass is 16.7. The maximum atomic E-state index is 11.6. The van der Waals surface area contributed by atoms with Gasteiger partial charge in [-0.1, -0.05) is 30.3 Å². The SMILES string of the molecule is O=C(OCc1ccccc1)Oc1ccc2nccnc2c1. The van der Waals surface area contributed by atoms with Crippen LogP contribution in [0.1, 0.15) is 5.56 Å². The zero-order valence-electron chi connectivity index (χ0n) is 11.1. The summed E-state index contributed by atoms with van der Waals surface area (Å²) < 4.78 is 10.2. The number of ether oxygens (including phenoxy) is 2. The van der Waals surface area contributed by atoms with E-state index in [2.05, 4.69) is 9.97 Å². The van der Waals surface area contributed by atoms with Crippen molar-refractivity contribution in [1.29, 1.82) is 0 Å². The molecular formula is C16H12N2O3. The van der Waals surface area contributed by atoms with Crippen molar-refractivity contribution in [3.8, 4) is 5.75 Å². The van der Waals surface area contributed by atoms with Gasteiger partial charge in [0, 0.05) is 18.5 Å². The minimum atomic E-state index is -0.748. The molecule has 1 aromatic heterocycles. The van der Waals surface area contributed by atoms with E-state index in [-0.39, 0.29) is 6.61 Å². The predicted molar refractivity (Wildman–Crippen MR) is 76.8 cm³/mol. The van der Waals surface area contributed by atoms with Crippen molar-refractivity contribution in [2.24, 2.45) is 0 Å². The molecular weight excluding hydrogens is 268 g/mol. The molecule has 0 aliphatic rings. The molecule has 2 aromatic carbocycles. The van der Waals surface area contributed by atoms with Crippen LogP contribution in [0.4, 0.5) is 4.79 Å². The van der Waals surface area contributed by atoms with Crippen LogP contribution in [0.15, 0.2) is 60.9 Å². The van der Waals surface area contributed by atoms with E-state index < -0.39 is 6.16 Å². The lowest BCUT2D eigenvalue weighted by molar-refractivity contribution is 0.0928. The molecule has 3 rings (SSSR count). The van der Waals surface area contributed by atoms with Gasteiger partial charge in [-0.15, -0.1) is 0 Å². The Morgan fingerprint density at radius 2 is 1.71 bits per heavy atom. The fourth-order valence-electron chi connectivity index (χ4n) is 1.85. The summed E-state index contributed by atoms with van der Waals surface area (Å²) in [7, 11) is 0. The smallest absolute Gasteiger partial charge is 0.429 e. The minimum absolute atomic E-state index is 0.174. The first-order valence-electron chi connectivity index (χ1n) is 6.40. The van der Waals surface area contributed by atoms with Crippen LogP contribution in [0.2, 0.25) is 0 Å². The first-order chi connectivity index (χ1) is 10.3. The second-order valence-electron chi connectivity index (χ2n) is 4.33. The Bertz CT molecular complexity index is 760. The molecule has 1 heterocycles. The third kappa shape index (κ3) is 3.33. The molecule has 0 fully saturated rings. The van der Waals surface area contributed by atoms with Crippen molar-refractivity contribution in [3.05, 3.63) is 66.5 Å². The van der Waals surface area contributed by atoms with Gasteiger partial charge in [-0.25, -0.2) is 4.79 Å². The van der Waals surface area contributed by atoms with Gasteiger partial charge in [-0.05, 0) is 17.7 Å². The summed E-state index contributed by atoms with van der Waals surface area (Å²) in [5, 5.41) is 0. The van der Waals surface area contributed by atoms with Crippen LogP contribution in [-0.4, -0.2) is 16.1 Å². The quantitative estimate of drug-likeness (QED) is 0.544. The molecule has 0 amide bonds. The Labute approximate surface area is 121 Å². The van der Waals surface area contributed by atoms with Gasteiger partial charge in [-0.2, -0.15) is 0 Å². The molecule has 0 aliphatic heterocycles. The highest BCUT2D eigenvalue weighted by molar-refractivity contribution is 5.76. The number of carbonyl (C=O) groups excluding carboxylic acids is 1. The summed E-state index contributed by atoms with van der Waals surface area (Å²) in [6, 6.07) is 14.4. The molecule has 5 nitrogen and oxygen atoms in total. The predicted octanol–water partition coefficient (Wildman–Crippen LogP) is 3.35. The molecule has 0 unspecified atom stereocenters. The van der Waals surface area contributed by atoms with E-state index in [0.717, 1.165) is 11.1 Å². The number of nitrogens with zero attached hydrogens (tertiary/aromatic N) is 2. The first-order valence-corrected chi connectivity index (χ1v) is 6.40. The highest BCUT2D eigenvalue weighted by Gasteiger charge is 2.07. The number of carbonyl (C=O) groups is 1. The fraction of sp³-hybridized carbons (Fsp3) is 0.0625. The summed E-state index contributed by atoms with van der Waals surface area (Å²) in [5.41, 5.74) is 2.30. The maximum absolute atomic E-state index is 11.6. The monoisotopic (exact) mass is 280 g/mol. The van der Waals surface area contributed by atoms with Crippen LogP contribution in [0.3, 0.4) is 0 Å². The van der Waals surface area contributed by atoms with Crippen molar-refractivity contribution in [2.75, 3.05) is 0 Å². The molecule has 0 aliphatic carbocycles. The van der Waals surface area contributed by atoms with Gasteiger partial charge in [0.25, 0.3) is 0 Å². The molecule has 0 N–H and O–H groups in total. The maximum Gasteiger partial charge on any atom is 0.514 e. The van der Waals surface area contributed by atoms with E-state index in [1.54, 1.807) is 30.6 Å². The third-order valence-corrected chi connectivity index (χ3v) is 2.84. The summed E-state index contributed by atoms with van der Waals surface area (Å²) in [6.07, 6.45) is 2.44. The van der Waals surface area contributed by atoms with E-state index in [0.29, 0.717) is 11.3 Å². The lowest BCUT2D eigenvalue weighted by atomic mass is 10.2. The minimum Gasteiger partial charge on any atom is -0.429 e. The Hall–Kier alpha value is -2.95. The van der Waals surface area contributed by atoms with Crippen molar-refractivity contribution in [2.45, 2.75) is 6.61 Å². The Morgan fingerprint density at radius 3 is 2.52 bits per heavy atom. The topological polar surface area (TPSA) is 61.3 Å². The van der Waals surface area contributed by atoms with E-state index in [9.17, 15) is 4.79 Å². The number of hydrogen-bond acceptors (Lipinski definition) is 5. The zero-order chi connectivity index (χ0) is 14.5. The zero-order valence-corrected chi connectivity index (χ0v) is 11.1. The van der Waals surface area contributed by atoms with Gasteiger partial charge < -0.3 is 9.47 Å². The van der Waals surface area contributed by atoms with Gasteiger partial charge in [0.1, 0.15) is 12.4 Å². The molecule has 21 heavy (non-hydrogen) atoms. The normalized spacial score (nSPS) is 10.3. The van der Waals surface area contributed by atoms with Gasteiger partial charge >= 0.3 is 6.16 Å². The summed E-state index contributed by atoms with van der Waals surface area (Å²) in [5.74, 6) is 0.376. The van der Waals surface area contributed by atoms with E-state index in [1.165, 1.54) is 0 Å². The second kappa shape index (κ2) is 6.00. The molecule has 5 heteroatoms. The van der Waals surface area contributed by atoms with E-state index in [4.69, 9.17) is 9.47 Å². The first kappa shape index (κ1) is 13.1. The molecule has 0 radical (unpaired) electrons. The van der Waals surface area contributed by atoms with Crippen LogP contribution in [0.25, 0.3) is 11.0 Å². The number of hydrogen-bond donors (Lipinski definition) is 0. The number of fused-ring (bicyclic) bond motifs is 1. The molecule has 104 valence electrons. The third-order valence-electron chi connectivity index (χ3n) is 2.84.